The van der Waals surface area contributed by atoms with Crippen molar-refractivity contribution in [3.8, 4) is 5.75 Å². The van der Waals surface area contributed by atoms with E-state index in [0.29, 0.717) is 17.9 Å². The maximum atomic E-state index is 13.3. The number of likely N-dealkylation sites (tertiary alicyclic amines) is 1. The van der Waals surface area contributed by atoms with Crippen molar-refractivity contribution in [3.05, 3.63) is 59.7 Å². The number of nitrogens with two attached hydrogens (primary N) is 1. The Morgan fingerprint density at radius 3 is 2.43 bits per heavy atom. The zero-order chi connectivity index (χ0) is 19.9. The van der Waals surface area contributed by atoms with Crippen molar-refractivity contribution in [3.63, 3.8) is 0 Å². The van der Waals surface area contributed by atoms with Gasteiger partial charge in [-0.15, -0.1) is 0 Å². The molecule has 1 aliphatic heterocycles. The molecular weight excluding hydrogens is 354 g/mol. The molecule has 6 nitrogen and oxygen atoms in total. The summed E-state index contributed by atoms with van der Waals surface area (Å²) in [7, 11) is 1.61. The number of ether oxygens (including phenoxy) is 1. The lowest BCUT2D eigenvalue weighted by atomic mass is 10.1. The van der Waals surface area contributed by atoms with Gasteiger partial charge in [0.15, 0.2) is 5.78 Å². The molecule has 0 spiro atoms. The summed E-state index contributed by atoms with van der Waals surface area (Å²) in [5.41, 5.74) is 7.75. The first-order valence-electron chi connectivity index (χ1n) is 9.65. The number of urea groups is 1. The Morgan fingerprint density at radius 2 is 1.79 bits per heavy atom. The first-order chi connectivity index (χ1) is 13.6. The van der Waals surface area contributed by atoms with E-state index < -0.39 is 0 Å². The summed E-state index contributed by atoms with van der Waals surface area (Å²) in [6, 6.07) is 14.8. The highest BCUT2D eigenvalue weighted by Gasteiger charge is 2.24. The molecule has 1 saturated heterocycles. The van der Waals surface area contributed by atoms with Gasteiger partial charge in [-0.3, -0.25) is 9.69 Å². The van der Waals surface area contributed by atoms with Crippen molar-refractivity contribution in [2.75, 3.05) is 31.6 Å². The molecule has 148 valence electrons. The van der Waals surface area contributed by atoms with Crippen LogP contribution in [0.2, 0.25) is 0 Å². The van der Waals surface area contributed by atoms with Gasteiger partial charge in [0.2, 0.25) is 0 Å². The zero-order valence-corrected chi connectivity index (χ0v) is 16.3. The largest absolute Gasteiger partial charge is 0.497 e. The van der Waals surface area contributed by atoms with Crippen LogP contribution in [-0.2, 0) is 6.54 Å². The summed E-state index contributed by atoms with van der Waals surface area (Å²) < 4.78 is 5.33. The highest BCUT2D eigenvalue weighted by atomic mass is 16.5. The van der Waals surface area contributed by atoms with E-state index in [9.17, 15) is 9.59 Å². The number of amides is 2. The Bertz CT molecular complexity index is 814. The van der Waals surface area contributed by atoms with Crippen LogP contribution in [0.15, 0.2) is 48.5 Å². The lowest BCUT2D eigenvalue weighted by molar-refractivity contribution is 0.100. The van der Waals surface area contributed by atoms with Gasteiger partial charge in [-0.25, -0.2) is 4.79 Å². The number of ketones is 1. The second kappa shape index (κ2) is 9.37. The number of Topliss-reactive ketones (excluding diaryl/α,β-unsaturated/α-hetero) is 1. The average Bonchev–Trinajstić information content (AvgIpc) is 2.77. The van der Waals surface area contributed by atoms with Crippen molar-refractivity contribution in [1.82, 2.24) is 4.90 Å². The van der Waals surface area contributed by atoms with E-state index in [0.717, 1.165) is 37.2 Å². The van der Waals surface area contributed by atoms with Crippen LogP contribution in [0, 0.1) is 0 Å². The number of carbonyl (C=O) groups excluding carboxylic acids is 2. The summed E-state index contributed by atoms with van der Waals surface area (Å²) in [5.74, 6) is 0.610. The Balaban J connectivity index is 1.86. The number of hydrogen-bond acceptors (Lipinski definition) is 4. The Kier molecular flexibility index (Phi) is 6.66. The molecule has 2 amide bonds. The van der Waals surface area contributed by atoms with Gasteiger partial charge >= 0.3 is 6.03 Å². The predicted octanol–water partition coefficient (Wildman–Crippen LogP) is 3.45. The van der Waals surface area contributed by atoms with E-state index in [1.807, 2.05) is 41.3 Å². The fraction of sp³-hybridized carbons (Fsp3) is 0.364. The molecular formula is C22H27N3O3. The number of carbonyl (C=O) groups is 2. The normalized spacial score (nSPS) is 13.9. The maximum absolute atomic E-state index is 13.3. The topological polar surface area (TPSA) is 75.9 Å². The third kappa shape index (κ3) is 4.70. The molecule has 2 aromatic carbocycles. The predicted molar refractivity (Wildman–Crippen MR) is 110 cm³/mol. The van der Waals surface area contributed by atoms with Gasteiger partial charge in [-0.05, 0) is 37.0 Å². The second-order valence-corrected chi connectivity index (χ2v) is 6.94. The van der Waals surface area contributed by atoms with Gasteiger partial charge in [0, 0.05) is 30.4 Å². The van der Waals surface area contributed by atoms with Gasteiger partial charge in [-0.1, -0.05) is 30.3 Å². The third-order valence-electron chi connectivity index (χ3n) is 5.02. The number of benzene rings is 2. The van der Waals surface area contributed by atoms with Crippen LogP contribution in [0.5, 0.6) is 5.75 Å². The SMILES string of the molecule is COc1cccc(N(Cc2ccc(C(=O)CN)cc2)C(=O)N2CCCCC2)c1. The summed E-state index contributed by atoms with van der Waals surface area (Å²) in [6.07, 6.45) is 3.24. The lowest BCUT2D eigenvalue weighted by Gasteiger charge is -2.33. The number of rotatable bonds is 6. The minimum atomic E-state index is -0.0967. The van der Waals surface area contributed by atoms with Crippen molar-refractivity contribution < 1.29 is 14.3 Å². The Hall–Kier alpha value is -2.86. The number of anilines is 1. The summed E-state index contributed by atoms with van der Waals surface area (Å²) in [4.78, 5) is 28.7. The highest BCUT2D eigenvalue weighted by Crippen LogP contribution is 2.25. The van der Waals surface area contributed by atoms with Crippen molar-refractivity contribution >= 4 is 17.5 Å². The van der Waals surface area contributed by atoms with E-state index in [4.69, 9.17) is 10.5 Å². The molecule has 0 aromatic heterocycles. The van der Waals surface area contributed by atoms with Crippen molar-refractivity contribution in [2.45, 2.75) is 25.8 Å². The number of piperidine rings is 1. The quantitative estimate of drug-likeness (QED) is 0.778. The molecule has 1 aliphatic rings. The summed E-state index contributed by atoms with van der Waals surface area (Å²) in [6.45, 7) is 1.97. The fourth-order valence-corrected chi connectivity index (χ4v) is 3.40. The molecule has 1 fully saturated rings. The van der Waals surface area contributed by atoms with E-state index in [1.54, 1.807) is 24.1 Å². The van der Waals surface area contributed by atoms with Crippen LogP contribution in [0.1, 0.15) is 35.2 Å². The minimum absolute atomic E-state index is 0.00457. The van der Waals surface area contributed by atoms with E-state index >= 15 is 0 Å². The molecule has 3 rings (SSSR count). The average molecular weight is 381 g/mol. The summed E-state index contributed by atoms with van der Waals surface area (Å²) >= 11 is 0. The molecule has 6 heteroatoms. The van der Waals surface area contributed by atoms with E-state index in [-0.39, 0.29) is 18.4 Å². The van der Waals surface area contributed by atoms with Crippen LogP contribution >= 0.6 is 0 Å². The highest BCUT2D eigenvalue weighted by molar-refractivity contribution is 5.97. The number of hydrogen-bond donors (Lipinski definition) is 1. The Labute approximate surface area is 165 Å². The molecule has 28 heavy (non-hydrogen) atoms. The van der Waals surface area contributed by atoms with Crippen molar-refractivity contribution in [2.24, 2.45) is 5.73 Å². The van der Waals surface area contributed by atoms with Crippen LogP contribution in [0.3, 0.4) is 0 Å². The third-order valence-corrected chi connectivity index (χ3v) is 5.02. The maximum Gasteiger partial charge on any atom is 0.324 e. The molecule has 1 heterocycles. The molecule has 0 saturated carbocycles. The monoisotopic (exact) mass is 381 g/mol. The summed E-state index contributed by atoms with van der Waals surface area (Å²) in [5, 5.41) is 0. The molecule has 0 radical (unpaired) electrons. The molecule has 0 unspecified atom stereocenters. The van der Waals surface area contributed by atoms with Gasteiger partial charge in [-0.2, -0.15) is 0 Å². The van der Waals surface area contributed by atoms with Gasteiger partial charge in [0.25, 0.3) is 0 Å². The molecule has 0 atom stereocenters. The molecule has 2 aromatic rings. The van der Waals surface area contributed by atoms with E-state index in [1.165, 1.54) is 6.42 Å². The minimum Gasteiger partial charge on any atom is -0.497 e. The number of nitrogens with zero attached hydrogens (tertiary/aromatic N) is 2. The van der Waals surface area contributed by atoms with Crippen molar-refractivity contribution in [1.29, 1.82) is 0 Å². The second-order valence-electron chi connectivity index (χ2n) is 6.94. The lowest BCUT2D eigenvalue weighted by Crippen LogP contribution is -2.45. The Morgan fingerprint density at radius 1 is 1.07 bits per heavy atom. The first-order valence-corrected chi connectivity index (χ1v) is 9.65. The van der Waals surface area contributed by atoms with E-state index in [2.05, 4.69) is 0 Å². The van der Waals surface area contributed by atoms with Crippen LogP contribution in [0.25, 0.3) is 0 Å². The smallest absolute Gasteiger partial charge is 0.324 e. The fourth-order valence-electron chi connectivity index (χ4n) is 3.40. The molecule has 0 aliphatic carbocycles. The van der Waals surface area contributed by atoms with Crippen LogP contribution < -0.4 is 15.4 Å². The van der Waals surface area contributed by atoms with Crippen LogP contribution in [0.4, 0.5) is 10.5 Å². The zero-order valence-electron chi connectivity index (χ0n) is 16.3. The van der Waals surface area contributed by atoms with Gasteiger partial charge < -0.3 is 15.4 Å². The molecule has 0 bridgehead atoms. The van der Waals surface area contributed by atoms with Gasteiger partial charge in [0.1, 0.15) is 5.75 Å². The standard InChI is InChI=1S/C22H27N3O3/c1-28-20-7-5-6-19(14-20)25(22(27)24-12-3-2-4-13-24)16-17-8-10-18(11-9-17)21(26)15-23/h5-11,14H,2-4,12-13,15-16,23H2,1H3. The van der Waals surface area contributed by atoms with Crippen LogP contribution in [-0.4, -0.2) is 43.5 Å². The number of methoxy groups -OCH3 is 1. The first kappa shape index (κ1) is 19.9. The molecule has 2 N–H and O–H groups in total. The van der Waals surface area contributed by atoms with Gasteiger partial charge in [0.05, 0.1) is 20.2 Å².